The third kappa shape index (κ3) is 3.09. The average Bonchev–Trinajstić information content (AvgIpc) is 2.52. The Kier molecular flexibility index (Phi) is 4.60. The maximum absolute atomic E-state index is 11.1. The van der Waals surface area contributed by atoms with Crippen molar-refractivity contribution in [3.63, 3.8) is 0 Å². The zero-order valence-electron chi connectivity index (χ0n) is 11.5. The van der Waals surface area contributed by atoms with Crippen LogP contribution in [0.1, 0.15) is 15.9 Å². The third-order valence-corrected chi connectivity index (χ3v) is 2.88. The Morgan fingerprint density at radius 2 is 1.60 bits per heavy atom. The van der Waals surface area contributed by atoms with Gasteiger partial charge < -0.3 is 14.2 Å². The van der Waals surface area contributed by atoms with Crippen molar-refractivity contribution in [1.82, 2.24) is 0 Å². The van der Waals surface area contributed by atoms with Crippen LogP contribution >= 0.6 is 0 Å². The molecule has 2 rings (SSSR count). The van der Waals surface area contributed by atoms with Crippen molar-refractivity contribution in [2.45, 2.75) is 6.61 Å². The molecule has 0 aliphatic heterocycles. The van der Waals surface area contributed by atoms with Gasteiger partial charge in [0.1, 0.15) is 23.9 Å². The molecule has 0 atom stereocenters. The summed E-state index contributed by atoms with van der Waals surface area (Å²) in [5, 5.41) is 0. The number of benzene rings is 2. The summed E-state index contributed by atoms with van der Waals surface area (Å²) < 4.78 is 16.1. The highest BCUT2D eigenvalue weighted by atomic mass is 16.5. The molecule has 0 bridgehead atoms. The summed E-state index contributed by atoms with van der Waals surface area (Å²) in [6, 6.07) is 13.2. The van der Waals surface area contributed by atoms with Crippen LogP contribution in [0, 0.1) is 0 Å². The van der Waals surface area contributed by atoms with E-state index < -0.39 is 0 Å². The fraction of sp³-hybridized carbons (Fsp3) is 0.188. The fourth-order valence-electron chi connectivity index (χ4n) is 1.86. The van der Waals surface area contributed by atoms with Gasteiger partial charge in [0.05, 0.1) is 19.8 Å². The van der Waals surface area contributed by atoms with Crippen LogP contribution in [0.5, 0.6) is 17.2 Å². The molecule has 0 spiro atoms. The molecule has 0 fully saturated rings. The zero-order valence-corrected chi connectivity index (χ0v) is 11.5. The first-order valence-electron chi connectivity index (χ1n) is 6.16. The summed E-state index contributed by atoms with van der Waals surface area (Å²) in [4.78, 5) is 11.1. The quantitative estimate of drug-likeness (QED) is 0.758. The van der Waals surface area contributed by atoms with Gasteiger partial charge in [-0.3, -0.25) is 4.79 Å². The second-order valence-corrected chi connectivity index (χ2v) is 4.13. The number of aldehydes is 1. The van der Waals surface area contributed by atoms with Gasteiger partial charge >= 0.3 is 0 Å². The summed E-state index contributed by atoms with van der Waals surface area (Å²) in [5.74, 6) is 1.46. The van der Waals surface area contributed by atoms with E-state index in [4.69, 9.17) is 14.2 Å². The number of rotatable bonds is 6. The van der Waals surface area contributed by atoms with Gasteiger partial charge in [-0.05, 0) is 5.56 Å². The maximum Gasteiger partial charge on any atom is 0.157 e. The Morgan fingerprint density at radius 1 is 1.00 bits per heavy atom. The zero-order chi connectivity index (χ0) is 14.4. The van der Waals surface area contributed by atoms with Gasteiger partial charge in [-0.15, -0.1) is 0 Å². The summed E-state index contributed by atoms with van der Waals surface area (Å²) in [7, 11) is 3.01. The number of hydrogen-bond acceptors (Lipinski definition) is 4. The van der Waals surface area contributed by atoms with Crippen LogP contribution in [0.3, 0.4) is 0 Å². The third-order valence-electron chi connectivity index (χ3n) is 2.88. The largest absolute Gasteiger partial charge is 0.496 e. The first-order valence-corrected chi connectivity index (χ1v) is 6.16. The second kappa shape index (κ2) is 6.61. The molecule has 0 aromatic heterocycles. The fourth-order valence-corrected chi connectivity index (χ4v) is 1.86. The van der Waals surface area contributed by atoms with Crippen molar-refractivity contribution in [2.24, 2.45) is 0 Å². The van der Waals surface area contributed by atoms with E-state index in [0.29, 0.717) is 35.7 Å². The molecule has 104 valence electrons. The average molecular weight is 272 g/mol. The van der Waals surface area contributed by atoms with E-state index in [1.54, 1.807) is 12.1 Å². The van der Waals surface area contributed by atoms with Crippen LogP contribution in [0.2, 0.25) is 0 Å². The van der Waals surface area contributed by atoms with Crippen molar-refractivity contribution in [3.8, 4) is 17.2 Å². The first-order chi connectivity index (χ1) is 9.78. The van der Waals surface area contributed by atoms with Gasteiger partial charge in [-0.1, -0.05) is 30.3 Å². The molecule has 0 amide bonds. The Balaban J connectivity index is 2.22. The van der Waals surface area contributed by atoms with Gasteiger partial charge in [0.25, 0.3) is 0 Å². The standard InChI is InChI=1S/C16H16O4/c1-18-15-8-13(9-16(19-2)14(15)10-17)20-11-12-6-4-3-5-7-12/h3-10H,11H2,1-2H3. The monoisotopic (exact) mass is 272 g/mol. The lowest BCUT2D eigenvalue weighted by molar-refractivity contribution is 0.111. The summed E-state index contributed by atoms with van der Waals surface area (Å²) in [6.45, 7) is 0.438. The molecule has 4 heteroatoms. The number of hydrogen-bond donors (Lipinski definition) is 0. The SMILES string of the molecule is COc1cc(OCc2ccccc2)cc(OC)c1C=O. The molecule has 20 heavy (non-hydrogen) atoms. The molecule has 0 saturated carbocycles. The van der Waals surface area contributed by atoms with Crippen LogP contribution in [-0.4, -0.2) is 20.5 Å². The molecule has 2 aromatic rings. The lowest BCUT2D eigenvalue weighted by Gasteiger charge is -2.12. The van der Waals surface area contributed by atoms with Gasteiger partial charge in [-0.25, -0.2) is 0 Å². The minimum absolute atomic E-state index is 0.377. The Morgan fingerprint density at radius 3 is 2.10 bits per heavy atom. The molecular formula is C16H16O4. The molecule has 0 radical (unpaired) electrons. The van der Waals surface area contributed by atoms with Crippen molar-refractivity contribution in [2.75, 3.05) is 14.2 Å². The Labute approximate surface area is 117 Å². The van der Waals surface area contributed by atoms with Crippen LogP contribution in [0.25, 0.3) is 0 Å². The molecule has 0 unspecified atom stereocenters. The number of methoxy groups -OCH3 is 2. The predicted octanol–water partition coefficient (Wildman–Crippen LogP) is 3.10. The Hall–Kier alpha value is -2.49. The van der Waals surface area contributed by atoms with Crippen LogP contribution in [0.4, 0.5) is 0 Å². The lowest BCUT2D eigenvalue weighted by Crippen LogP contribution is -1.99. The van der Waals surface area contributed by atoms with E-state index in [1.165, 1.54) is 14.2 Å². The van der Waals surface area contributed by atoms with Crippen LogP contribution in [-0.2, 0) is 6.61 Å². The maximum atomic E-state index is 11.1. The van der Waals surface area contributed by atoms with Gasteiger partial charge in [-0.2, -0.15) is 0 Å². The summed E-state index contributed by atoms with van der Waals surface area (Å²) in [6.07, 6.45) is 0.707. The van der Waals surface area contributed by atoms with Gasteiger partial charge in [0.15, 0.2) is 6.29 Å². The molecular weight excluding hydrogens is 256 g/mol. The van der Waals surface area contributed by atoms with E-state index in [0.717, 1.165) is 5.56 Å². The number of carbonyl (C=O) groups is 1. The highest BCUT2D eigenvalue weighted by Crippen LogP contribution is 2.33. The normalized spacial score (nSPS) is 9.90. The van der Waals surface area contributed by atoms with E-state index in [1.807, 2.05) is 30.3 Å². The van der Waals surface area contributed by atoms with Crippen molar-refractivity contribution in [1.29, 1.82) is 0 Å². The van der Waals surface area contributed by atoms with Crippen LogP contribution in [0.15, 0.2) is 42.5 Å². The smallest absolute Gasteiger partial charge is 0.157 e. The number of ether oxygens (including phenoxy) is 3. The first kappa shape index (κ1) is 13.9. The molecule has 0 N–H and O–H groups in total. The van der Waals surface area contributed by atoms with E-state index in [2.05, 4.69) is 0 Å². The summed E-state index contributed by atoms with van der Waals surface area (Å²) >= 11 is 0. The molecule has 2 aromatic carbocycles. The van der Waals surface area contributed by atoms with Crippen LogP contribution < -0.4 is 14.2 Å². The van der Waals surface area contributed by atoms with E-state index in [-0.39, 0.29) is 0 Å². The topological polar surface area (TPSA) is 44.8 Å². The molecule has 4 nitrogen and oxygen atoms in total. The van der Waals surface area contributed by atoms with E-state index >= 15 is 0 Å². The summed E-state index contributed by atoms with van der Waals surface area (Å²) in [5.41, 5.74) is 1.44. The highest BCUT2D eigenvalue weighted by molar-refractivity contribution is 5.84. The van der Waals surface area contributed by atoms with Crippen molar-refractivity contribution >= 4 is 6.29 Å². The second-order valence-electron chi connectivity index (χ2n) is 4.13. The minimum atomic E-state index is 0.377. The predicted molar refractivity (Wildman–Crippen MR) is 75.7 cm³/mol. The molecule has 0 aliphatic rings. The Bertz CT molecular complexity index is 553. The number of carbonyl (C=O) groups excluding carboxylic acids is 1. The molecule has 0 aliphatic carbocycles. The van der Waals surface area contributed by atoms with E-state index in [9.17, 15) is 4.79 Å². The highest BCUT2D eigenvalue weighted by Gasteiger charge is 2.12. The minimum Gasteiger partial charge on any atom is -0.496 e. The van der Waals surface area contributed by atoms with Crippen molar-refractivity contribution < 1.29 is 19.0 Å². The van der Waals surface area contributed by atoms with Crippen molar-refractivity contribution in [3.05, 3.63) is 53.6 Å². The molecule has 0 saturated heterocycles. The van der Waals surface area contributed by atoms with Gasteiger partial charge in [0.2, 0.25) is 0 Å². The lowest BCUT2D eigenvalue weighted by atomic mass is 10.2. The van der Waals surface area contributed by atoms with Gasteiger partial charge in [0, 0.05) is 12.1 Å². The molecule has 0 heterocycles.